The van der Waals surface area contributed by atoms with Gasteiger partial charge in [0.2, 0.25) is 11.8 Å². The first-order valence-corrected chi connectivity index (χ1v) is 8.46. The van der Waals surface area contributed by atoms with E-state index in [1.54, 1.807) is 6.92 Å². The van der Waals surface area contributed by atoms with Gasteiger partial charge in [-0.1, -0.05) is 24.3 Å². The van der Waals surface area contributed by atoms with Gasteiger partial charge >= 0.3 is 0 Å². The van der Waals surface area contributed by atoms with Gasteiger partial charge in [-0.15, -0.1) is 0 Å². The van der Waals surface area contributed by atoms with Crippen LogP contribution in [0.2, 0.25) is 0 Å². The Morgan fingerprint density at radius 1 is 0.957 bits per heavy atom. The van der Waals surface area contributed by atoms with E-state index in [0.717, 1.165) is 52.2 Å². The van der Waals surface area contributed by atoms with Crippen LogP contribution in [0, 0.1) is 0 Å². The van der Waals surface area contributed by atoms with E-state index in [0.29, 0.717) is 6.42 Å². The first-order chi connectivity index (χ1) is 11.1. The molecule has 2 aliphatic heterocycles. The van der Waals surface area contributed by atoms with Crippen molar-refractivity contribution in [1.82, 2.24) is 14.7 Å². The van der Waals surface area contributed by atoms with Crippen molar-refractivity contribution in [3.8, 4) is 0 Å². The second-order valence-electron chi connectivity index (χ2n) is 6.43. The van der Waals surface area contributed by atoms with E-state index in [2.05, 4.69) is 23.1 Å². The third-order valence-electron chi connectivity index (χ3n) is 4.94. The van der Waals surface area contributed by atoms with Crippen LogP contribution in [0.5, 0.6) is 0 Å². The van der Waals surface area contributed by atoms with Gasteiger partial charge in [-0.2, -0.15) is 0 Å². The average molecular weight is 315 g/mol. The van der Waals surface area contributed by atoms with Crippen molar-refractivity contribution in [2.45, 2.75) is 26.3 Å². The lowest BCUT2D eigenvalue weighted by atomic mass is 10.00. The third kappa shape index (κ3) is 3.91. The molecular formula is C18H25N3O2. The molecule has 2 heterocycles. The molecule has 1 fully saturated rings. The molecule has 0 aliphatic carbocycles. The number of hydrogen-bond acceptors (Lipinski definition) is 3. The lowest BCUT2D eigenvalue weighted by Crippen LogP contribution is -2.48. The Morgan fingerprint density at radius 2 is 1.65 bits per heavy atom. The molecule has 5 nitrogen and oxygen atoms in total. The van der Waals surface area contributed by atoms with Crippen LogP contribution in [-0.4, -0.2) is 65.8 Å². The summed E-state index contributed by atoms with van der Waals surface area (Å²) in [5, 5.41) is 0. The summed E-state index contributed by atoms with van der Waals surface area (Å²) in [6.07, 6.45) is 1.53. The van der Waals surface area contributed by atoms with Gasteiger partial charge in [-0.25, -0.2) is 0 Å². The van der Waals surface area contributed by atoms with Crippen LogP contribution in [0.4, 0.5) is 0 Å². The SMILES string of the molecule is CC(=O)N1CCN(CCC(=O)N2CCc3ccccc3C2)CC1. The molecule has 124 valence electrons. The Morgan fingerprint density at radius 3 is 2.35 bits per heavy atom. The average Bonchev–Trinajstić information content (AvgIpc) is 2.59. The Bertz CT molecular complexity index is 579. The van der Waals surface area contributed by atoms with E-state index in [-0.39, 0.29) is 11.8 Å². The van der Waals surface area contributed by atoms with E-state index in [9.17, 15) is 9.59 Å². The first-order valence-electron chi connectivity index (χ1n) is 8.46. The number of carbonyl (C=O) groups is 2. The summed E-state index contributed by atoms with van der Waals surface area (Å²) in [7, 11) is 0. The number of nitrogens with zero attached hydrogens (tertiary/aromatic N) is 3. The highest BCUT2D eigenvalue weighted by Gasteiger charge is 2.22. The molecular weight excluding hydrogens is 290 g/mol. The minimum Gasteiger partial charge on any atom is -0.340 e. The lowest BCUT2D eigenvalue weighted by molar-refractivity contribution is -0.134. The third-order valence-corrected chi connectivity index (χ3v) is 4.94. The van der Waals surface area contributed by atoms with Crippen molar-refractivity contribution < 1.29 is 9.59 Å². The number of benzene rings is 1. The molecule has 1 aromatic rings. The topological polar surface area (TPSA) is 43.9 Å². The molecule has 0 N–H and O–H groups in total. The highest BCUT2D eigenvalue weighted by Crippen LogP contribution is 2.19. The molecule has 23 heavy (non-hydrogen) atoms. The van der Waals surface area contributed by atoms with Crippen molar-refractivity contribution in [1.29, 1.82) is 0 Å². The molecule has 5 heteroatoms. The predicted octanol–water partition coefficient (Wildman–Crippen LogP) is 1.13. The Kier molecular flexibility index (Phi) is 4.96. The highest BCUT2D eigenvalue weighted by molar-refractivity contribution is 5.76. The van der Waals surface area contributed by atoms with Gasteiger partial charge in [0.15, 0.2) is 0 Å². The van der Waals surface area contributed by atoms with Gasteiger partial charge in [0.1, 0.15) is 0 Å². The maximum Gasteiger partial charge on any atom is 0.224 e. The fraction of sp³-hybridized carbons (Fsp3) is 0.556. The number of rotatable bonds is 3. The quantitative estimate of drug-likeness (QED) is 0.840. The minimum absolute atomic E-state index is 0.146. The van der Waals surface area contributed by atoms with Gasteiger partial charge < -0.3 is 9.80 Å². The maximum atomic E-state index is 12.5. The molecule has 0 bridgehead atoms. The Balaban J connectivity index is 1.45. The molecule has 0 saturated carbocycles. The molecule has 0 atom stereocenters. The van der Waals surface area contributed by atoms with E-state index in [4.69, 9.17) is 0 Å². The van der Waals surface area contributed by atoms with Crippen molar-refractivity contribution in [3.05, 3.63) is 35.4 Å². The summed E-state index contributed by atoms with van der Waals surface area (Å²) in [5.74, 6) is 0.390. The minimum atomic E-state index is 0.146. The summed E-state index contributed by atoms with van der Waals surface area (Å²) in [4.78, 5) is 29.9. The molecule has 2 amide bonds. The van der Waals surface area contributed by atoms with Crippen molar-refractivity contribution >= 4 is 11.8 Å². The maximum absolute atomic E-state index is 12.5. The smallest absolute Gasteiger partial charge is 0.224 e. The number of fused-ring (bicyclic) bond motifs is 1. The molecule has 0 unspecified atom stereocenters. The van der Waals surface area contributed by atoms with Crippen molar-refractivity contribution in [2.24, 2.45) is 0 Å². The second-order valence-corrected chi connectivity index (χ2v) is 6.43. The monoisotopic (exact) mass is 315 g/mol. The molecule has 1 saturated heterocycles. The summed E-state index contributed by atoms with van der Waals surface area (Å²) < 4.78 is 0. The van der Waals surface area contributed by atoms with Crippen LogP contribution >= 0.6 is 0 Å². The molecule has 1 aromatic carbocycles. The van der Waals surface area contributed by atoms with Crippen LogP contribution in [0.3, 0.4) is 0 Å². The van der Waals surface area contributed by atoms with E-state index < -0.39 is 0 Å². The zero-order chi connectivity index (χ0) is 16.2. The van der Waals surface area contributed by atoms with E-state index >= 15 is 0 Å². The summed E-state index contributed by atoms with van der Waals surface area (Å²) >= 11 is 0. The highest BCUT2D eigenvalue weighted by atomic mass is 16.2. The number of carbonyl (C=O) groups excluding carboxylic acids is 2. The summed E-state index contributed by atoms with van der Waals surface area (Å²) in [6.45, 7) is 7.28. The largest absolute Gasteiger partial charge is 0.340 e. The van der Waals surface area contributed by atoms with Gasteiger partial charge in [0.05, 0.1) is 0 Å². The van der Waals surface area contributed by atoms with Crippen molar-refractivity contribution in [3.63, 3.8) is 0 Å². The van der Waals surface area contributed by atoms with Crippen molar-refractivity contribution in [2.75, 3.05) is 39.3 Å². The number of piperazine rings is 1. The Hall–Kier alpha value is -1.88. The van der Waals surface area contributed by atoms with Gasteiger partial charge in [-0.05, 0) is 17.5 Å². The number of amides is 2. The molecule has 0 spiro atoms. The fourth-order valence-electron chi connectivity index (χ4n) is 3.41. The van der Waals surface area contributed by atoms with Gasteiger partial charge in [0.25, 0.3) is 0 Å². The normalized spacial score (nSPS) is 18.7. The van der Waals surface area contributed by atoms with Crippen LogP contribution in [0.25, 0.3) is 0 Å². The van der Waals surface area contributed by atoms with E-state index in [1.165, 1.54) is 11.1 Å². The number of hydrogen-bond donors (Lipinski definition) is 0. The van der Waals surface area contributed by atoms with Crippen LogP contribution in [0.15, 0.2) is 24.3 Å². The molecule has 2 aliphatic rings. The van der Waals surface area contributed by atoms with Crippen LogP contribution in [-0.2, 0) is 22.6 Å². The fourth-order valence-corrected chi connectivity index (χ4v) is 3.41. The standard InChI is InChI=1S/C18H25N3O2/c1-15(22)20-12-10-19(11-13-20)8-7-18(23)21-9-6-16-4-2-3-5-17(16)14-21/h2-5H,6-14H2,1H3. The zero-order valence-electron chi connectivity index (χ0n) is 13.8. The zero-order valence-corrected chi connectivity index (χ0v) is 13.8. The second kappa shape index (κ2) is 7.13. The van der Waals surface area contributed by atoms with Crippen LogP contribution < -0.4 is 0 Å². The molecule has 0 radical (unpaired) electrons. The predicted molar refractivity (Wildman–Crippen MR) is 88.9 cm³/mol. The first kappa shape index (κ1) is 16.0. The van der Waals surface area contributed by atoms with Gasteiger partial charge in [0, 0.05) is 59.2 Å². The molecule has 0 aromatic heterocycles. The van der Waals surface area contributed by atoms with Gasteiger partial charge in [-0.3, -0.25) is 14.5 Å². The summed E-state index contributed by atoms with van der Waals surface area (Å²) in [5.41, 5.74) is 2.65. The van der Waals surface area contributed by atoms with E-state index in [1.807, 2.05) is 15.9 Å². The Labute approximate surface area is 137 Å². The lowest BCUT2D eigenvalue weighted by Gasteiger charge is -2.35. The summed E-state index contributed by atoms with van der Waals surface area (Å²) in [6, 6.07) is 8.39. The van der Waals surface area contributed by atoms with Crippen LogP contribution in [0.1, 0.15) is 24.5 Å². The molecule has 3 rings (SSSR count).